The van der Waals surface area contributed by atoms with E-state index in [1.54, 1.807) is 51.1 Å². The molecule has 254 valence electrons. The molecule has 2 unspecified atom stereocenters. The fourth-order valence-corrected chi connectivity index (χ4v) is 4.02. The Morgan fingerprint density at radius 2 is 1.32 bits per heavy atom. The molecule has 1 aromatic rings. The highest BCUT2D eigenvalue weighted by Gasteiger charge is 2.29. The zero-order valence-corrected chi connectivity index (χ0v) is 26.3. The summed E-state index contributed by atoms with van der Waals surface area (Å²) in [5.74, 6) is -6.71. The van der Waals surface area contributed by atoms with Crippen LogP contribution < -0.4 is 32.3 Å². The molecular formula is C30H39N7O10. The first-order valence-corrected chi connectivity index (χ1v) is 14.5. The fraction of sp³-hybridized carbons (Fsp3) is 0.433. The van der Waals surface area contributed by atoms with Crippen LogP contribution in [-0.4, -0.2) is 102 Å². The van der Waals surface area contributed by atoms with E-state index in [4.69, 9.17) is 10.5 Å². The quantitative estimate of drug-likeness (QED) is 0.0735. The molecule has 2 atom stereocenters. The average molecular weight is 658 g/mol. The fourth-order valence-electron chi connectivity index (χ4n) is 4.02. The third kappa shape index (κ3) is 14.4. The van der Waals surface area contributed by atoms with E-state index in [-0.39, 0.29) is 19.4 Å². The minimum atomic E-state index is -1.48. The number of primary amides is 1. The Hall–Kier alpha value is -5.61. The number of hydrogen-bond acceptors (Lipinski definition) is 10. The second-order valence-corrected chi connectivity index (χ2v) is 11.3. The number of imide groups is 1. The van der Waals surface area contributed by atoms with E-state index >= 15 is 0 Å². The first-order valence-electron chi connectivity index (χ1n) is 14.5. The van der Waals surface area contributed by atoms with Crippen molar-refractivity contribution in [1.29, 1.82) is 0 Å². The van der Waals surface area contributed by atoms with Gasteiger partial charge in [0.05, 0.1) is 26.1 Å². The standard InChI is InChI=1S/C30H39N7O10/c1-30(2,3)47-27(44)14-20(35-22(39)11-12-37-25(42)9-10-26(37)43)29(46)34-16-23(40)32-17-24(41)36-19(28(45)33-15-21(31)38)13-18-7-5-4-6-8-18/h4-10,19-20H,11-17H2,1-3H3,(H2,31,38)(H,32,40)(H,33,45)(H,34,46)(H,35,39)(H,36,41). The van der Waals surface area contributed by atoms with E-state index in [0.717, 1.165) is 17.1 Å². The Morgan fingerprint density at radius 1 is 0.766 bits per heavy atom. The lowest BCUT2D eigenvalue weighted by Gasteiger charge is -2.23. The highest BCUT2D eigenvalue weighted by Crippen LogP contribution is 2.10. The lowest BCUT2D eigenvalue weighted by Crippen LogP contribution is -2.53. The molecule has 0 bridgehead atoms. The lowest BCUT2D eigenvalue weighted by molar-refractivity contribution is -0.156. The van der Waals surface area contributed by atoms with Crippen LogP contribution in [-0.2, 0) is 54.3 Å². The number of carbonyl (C=O) groups is 9. The van der Waals surface area contributed by atoms with Gasteiger partial charge in [-0.3, -0.25) is 48.1 Å². The molecule has 7 N–H and O–H groups in total. The molecule has 0 fully saturated rings. The summed E-state index contributed by atoms with van der Waals surface area (Å²) in [7, 11) is 0. The number of nitrogens with one attached hydrogen (secondary N) is 5. The number of carbonyl (C=O) groups excluding carboxylic acids is 9. The van der Waals surface area contributed by atoms with Crippen LogP contribution in [0, 0.1) is 0 Å². The largest absolute Gasteiger partial charge is 0.460 e. The molecule has 47 heavy (non-hydrogen) atoms. The molecule has 8 amide bonds. The molecule has 2 rings (SSSR count). The summed E-state index contributed by atoms with van der Waals surface area (Å²) >= 11 is 0. The molecule has 17 nitrogen and oxygen atoms in total. The molecular weight excluding hydrogens is 618 g/mol. The minimum absolute atomic E-state index is 0.0769. The molecule has 0 saturated carbocycles. The van der Waals surface area contributed by atoms with Gasteiger partial charge in [-0.05, 0) is 26.3 Å². The van der Waals surface area contributed by atoms with Gasteiger partial charge in [-0.2, -0.15) is 0 Å². The number of rotatable bonds is 17. The monoisotopic (exact) mass is 657 g/mol. The second kappa shape index (κ2) is 17.8. The van der Waals surface area contributed by atoms with E-state index in [9.17, 15) is 43.2 Å². The van der Waals surface area contributed by atoms with Gasteiger partial charge >= 0.3 is 5.97 Å². The van der Waals surface area contributed by atoms with E-state index in [0.29, 0.717) is 5.56 Å². The van der Waals surface area contributed by atoms with Gasteiger partial charge in [0, 0.05) is 31.5 Å². The summed E-state index contributed by atoms with van der Waals surface area (Å²) in [5, 5.41) is 11.7. The highest BCUT2D eigenvalue weighted by molar-refractivity contribution is 6.13. The minimum Gasteiger partial charge on any atom is -0.460 e. The number of amides is 8. The molecule has 0 saturated heterocycles. The van der Waals surface area contributed by atoms with Crippen LogP contribution in [0.1, 0.15) is 39.2 Å². The Morgan fingerprint density at radius 3 is 1.91 bits per heavy atom. The molecule has 1 aromatic carbocycles. The van der Waals surface area contributed by atoms with Crippen LogP contribution in [0.5, 0.6) is 0 Å². The van der Waals surface area contributed by atoms with Crippen molar-refractivity contribution in [1.82, 2.24) is 31.5 Å². The van der Waals surface area contributed by atoms with Crippen LogP contribution in [0.3, 0.4) is 0 Å². The second-order valence-electron chi connectivity index (χ2n) is 11.3. The molecule has 0 aromatic heterocycles. The number of benzene rings is 1. The van der Waals surface area contributed by atoms with Crippen LogP contribution in [0.2, 0.25) is 0 Å². The molecule has 0 aliphatic carbocycles. The van der Waals surface area contributed by atoms with Crippen LogP contribution in [0.4, 0.5) is 0 Å². The predicted molar refractivity (Wildman–Crippen MR) is 163 cm³/mol. The summed E-state index contributed by atoms with van der Waals surface area (Å²) < 4.78 is 5.22. The van der Waals surface area contributed by atoms with Crippen molar-refractivity contribution in [2.45, 2.75) is 57.7 Å². The van der Waals surface area contributed by atoms with E-state index in [1.165, 1.54) is 0 Å². The van der Waals surface area contributed by atoms with Crippen LogP contribution >= 0.6 is 0 Å². The van der Waals surface area contributed by atoms with Gasteiger partial charge in [0.15, 0.2) is 0 Å². The SMILES string of the molecule is CC(C)(C)OC(=O)CC(NC(=O)CCN1C(=O)C=CC1=O)C(=O)NCC(=O)NCC(=O)NC(Cc1ccccc1)C(=O)NCC(N)=O. The predicted octanol–water partition coefficient (Wildman–Crippen LogP) is -2.92. The van der Waals surface area contributed by atoms with Crippen LogP contribution in [0.15, 0.2) is 42.5 Å². The summed E-state index contributed by atoms with van der Waals surface area (Å²) in [5.41, 5.74) is 4.89. The Bertz CT molecular complexity index is 1390. The average Bonchev–Trinajstić information content (AvgIpc) is 3.31. The third-order valence-corrected chi connectivity index (χ3v) is 6.15. The van der Waals surface area contributed by atoms with Crippen molar-refractivity contribution < 1.29 is 47.9 Å². The van der Waals surface area contributed by atoms with E-state index in [2.05, 4.69) is 26.6 Å². The highest BCUT2D eigenvalue weighted by atomic mass is 16.6. The number of esters is 1. The van der Waals surface area contributed by atoms with E-state index < -0.39 is 97.0 Å². The van der Waals surface area contributed by atoms with Crippen molar-refractivity contribution in [3.05, 3.63) is 48.0 Å². The molecule has 17 heteroatoms. The van der Waals surface area contributed by atoms with Gasteiger partial charge in [-0.1, -0.05) is 30.3 Å². The Balaban J connectivity index is 1.93. The molecule has 0 radical (unpaired) electrons. The van der Waals surface area contributed by atoms with Gasteiger partial charge in [0.1, 0.15) is 17.7 Å². The first-order chi connectivity index (χ1) is 22.0. The normalized spacial score (nSPS) is 13.6. The van der Waals surface area contributed by atoms with Gasteiger partial charge in [0.2, 0.25) is 35.4 Å². The van der Waals surface area contributed by atoms with Crippen molar-refractivity contribution in [2.24, 2.45) is 5.73 Å². The third-order valence-electron chi connectivity index (χ3n) is 6.15. The first kappa shape index (κ1) is 37.6. The Kier molecular flexibility index (Phi) is 14.2. The van der Waals surface area contributed by atoms with Gasteiger partial charge < -0.3 is 37.1 Å². The zero-order chi connectivity index (χ0) is 35.1. The summed E-state index contributed by atoms with van der Waals surface area (Å²) in [6, 6.07) is 6.14. The number of nitrogens with two attached hydrogens (primary N) is 1. The molecule has 1 aliphatic rings. The van der Waals surface area contributed by atoms with Crippen LogP contribution in [0.25, 0.3) is 0 Å². The van der Waals surface area contributed by atoms with Gasteiger partial charge in [0.25, 0.3) is 11.8 Å². The zero-order valence-electron chi connectivity index (χ0n) is 26.3. The number of ether oxygens (including phenoxy) is 1. The summed E-state index contributed by atoms with van der Waals surface area (Å²) in [6.07, 6.45) is 1.23. The topological polar surface area (TPSA) is 252 Å². The molecule has 1 heterocycles. The van der Waals surface area contributed by atoms with E-state index in [1.807, 2.05) is 0 Å². The van der Waals surface area contributed by atoms with Crippen molar-refractivity contribution in [2.75, 3.05) is 26.2 Å². The lowest BCUT2D eigenvalue weighted by atomic mass is 10.1. The molecule has 1 aliphatic heterocycles. The molecule has 0 spiro atoms. The van der Waals surface area contributed by atoms with Crippen molar-refractivity contribution >= 4 is 53.2 Å². The smallest absolute Gasteiger partial charge is 0.308 e. The maximum Gasteiger partial charge on any atom is 0.308 e. The van der Waals surface area contributed by atoms with Crippen molar-refractivity contribution in [3.8, 4) is 0 Å². The number of nitrogens with zero attached hydrogens (tertiary/aromatic N) is 1. The van der Waals surface area contributed by atoms with Gasteiger partial charge in [-0.25, -0.2) is 0 Å². The summed E-state index contributed by atoms with van der Waals surface area (Å²) in [4.78, 5) is 111. The van der Waals surface area contributed by atoms with Crippen molar-refractivity contribution in [3.63, 3.8) is 0 Å². The maximum absolute atomic E-state index is 12.9. The summed E-state index contributed by atoms with van der Waals surface area (Å²) in [6.45, 7) is 2.88. The maximum atomic E-state index is 12.9. The number of hydrogen-bond donors (Lipinski definition) is 6. The van der Waals surface area contributed by atoms with Gasteiger partial charge in [-0.15, -0.1) is 0 Å². The Labute approximate surface area is 270 Å².